The van der Waals surface area contributed by atoms with Crippen molar-refractivity contribution in [2.45, 2.75) is 74.6 Å². The zero-order valence-electron chi connectivity index (χ0n) is 30.3. The Labute approximate surface area is 320 Å². The third kappa shape index (κ3) is 6.59. The van der Waals surface area contributed by atoms with E-state index in [1.165, 1.54) is 0 Å². The van der Waals surface area contributed by atoms with Gasteiger partial charge in [0.25, 0.3) is 0 Å². The van der Waals surface area contributed by atoms with E-state index in [2.05, 4.69) is 34.2 Å². The molecule has 8 atom stereocenters. The van der Waals surface area contributed by atoms with Crippen LogP contribution in [0, 0.1) is 0 Å². The first kappa shape index (κ1) is 36.1. The lowest BCUT2D eigenvalue weighted by atomic mass is 9.80. The van der Waals surface area contributed by atoms with Gasteiger partial charge in [-0.15, -0.1) is 0 Å². The number of fused-ring (bicyclic) bond motifs is 3. The fourth-order valence-corrected chi connectivity index (χ4v) is 8.30. The number of aliphatic imine (C=N–C) groups is 1. The number of rotatable bonds is 9. The van der Waals surface area contributed by atoms with E-state index < -0.39 is 67.9 Å². The zero-order valence-corrected chi connectivity index (χ0v) is 30.3. The number of carboxylic acid groups (broad SMARTS) is 1. The number of carboxylic acids is 1. The molecule has 9 aliphatic heterocycles. The summed E-state index contributed by atoms with van der Waals surface area (Å²) >= 11 is 0. The second kappa shape index (κ2) is 14.5. The highest BCUT2D eigenvalue weighted by atomic mass is 16.7. The number of carbonyl (C=O) groups excluding carboxylic acids is 1. The van der Waals surface area contributed by atoms with E-state index in [0.717, 1.165) is 39.1 Å². The summed E-state index contributed by atoms with van der Waals surface area (Å²) in [6.45, 7) is 0.893. The Morgan fingerprint density at radius 1 is 0.982 bits per heavy atom. The normalized spacial score (nSPS) is 27.9. The van der Waals surface area contributed by atoms with E-state index in [0.29, 0.717) is 55.5 Å². The smallest absolute Gasteiger partial charge is 0.317 e. The first-order valence-corrected chi connectivity index (χ1v) is 18.5. The van der Waals surface area contributed by atoms with Crippen LogP contribution >= 0.6 is 0 Å². The topological polar surface area (TPSA) is 195 Å². The maximum absolute atomic E-state index is 11.9. The molecular formula is C41H40N2O13. The number of aliphatic hydroxyl groups is 3. The van der Waals surface area contributed by atoms with Crippen LogP contribution in [0.2, 0.25) is 0 Å². The molecule has 9 heterocycles. The molecule has 6 bridgehead atoms. The van der Waals surface area contributed by atoms with Crippen LogP contribution in [0.25, 0.3) is 0 Å². The van der Waals surface area contributed by atoms with Crippen molar-refractivity contribution in [2.24, 2.45) is 4.99 Å². The van der Waals surface area contributed by atoms with Crippen molar-refractivity contribution < 1.29 is 63.2 Å². The summed E-state index contributed by atoms with van der Waals surface area (Å²) in [7, 11) is 1.60. The molecule has 4 N–H and O–H groups in total. The number of ether oxygens (including phenoxy) is 7. The Kier molecular flexibility index (Phi) is 9.32. The van der Waals surface area contributed by atoms with Crippen LogP contribution in [0.1, 0.15) is 46.3 Å². The number of aliphatic hydroxyl groups excluding tert-OH is 3. The van der Waals surface area contributed by atoms with Gasteiger partial charge in [0.1, 0.15) is 61.2 Å². The average molecular weight is 769 g/mol. The van der Waals surface area contributed by atoms with Gasteiger partial charge in [-0.25, -0.2) is 0 Å². The standard InChI is InChI=1S/C41H40N2O13/c1-50-39-27-7-6-25-34-28(12-21-4-2-20(3-5-21)9-11-51-27)54-29-14-24(53-41-37(49)36(48)35(47)30(55-41)19-52-32(46)15-31(44)45)13-23(33(29)40(34)56-38(25)39)17-43-16-22-8-10-42-26(22)18-43/h2-8,10,13-14,18,28,30,34-37,40-41,47-49H,9,11-12,15-17,19H2,1H3,(H,44,45)/t28-,30+,34+,35+,36-,37+,40-,41+/m0/s1. The minimum absolute atomic E-state index is 0.230. The third-order valence-electron chi connectivity index (χ3n) is 11.0. The van der Waals surface area contributed by atoms with Crippen molar-refractivity contribution in [3.8, 4) is 28.7 Å². The molecule has 292 valence electrons. The first-order valence-electron chi connectivity index (χ1n) is 18.5. The van der Waals surface area contributed by atoms with Crippen LogP contribution in [0.15, 0.2) is 77.1 Å². The van der Waals surface area contributed by atoms with Crippen LogP contribution in [0.3, 0.4) is 0 Å². The second-order valence-corrected chi connectivity index (χ2v) is 14.6. The number of nitrogens with zero attached hydrogens (tertiary/aromatic N) is 2. The molecule has 0 aromatic heterocycles. The Hall–Kier alpha value is -5.61. The van der Waals surface area contributed by atoms with Gasteiger partial charge in [-0.3, -0.25) is 14.6 Å². The predicted octanol–water partition coefficient (Wildman–Crippen LogP) is 2.72. The van der Waals surface area contributed by atoms with Crippen molar-refractivity contribution >= 4 is 18.2 Å². The van der Waals surface area contributed by atoms with Gasteiger partial charge in [-0.1, -0.05) is 30.3 Å². The molecule has 0 saturated carbocycles. The van der Waals surface area contributed by atoms with E-state index >= 15 is 0 Å². The van der Waals surface area contributed by atoms with Crippen molar-refractivity contribution in [3.05, 3.63) is 99.9 Å². The molecule has 9 aliphatic rings. The number of methoxy groups -OCH3 is 1. The number of hydrogen-bond donors (Lipinski definition) is 4. The molecule has 0 radical (unpaired) electrons. The van der Waals surface area contributed by atoms with Crippen molar-refractivity contribution in [1.82, 2.24) is 4.90 Å². The number of benzene rings is 3. The minimum atomic E-state index is -1.74. The van der Waals surface area contributed by atoms with Gasteiger partial charge in [0, 0.05) is 61.1 Å². The van der Waals surface area contributed by atoms with E-state index in [4.69, 9.17) is 38.3 Å². The number of esters is 1. The Balaban J connectivity index is 1.10. The quantitative estimate of drug-likeness (QED) is 0.183. The lowest BCUT2D eigenvalue weighted by Gasteiger charge is -2.40. The molecule has 3 aromatic carbocycles. The van der Waals surface area contributed by atoms with E-state index in [9.17, 15) is 24.9 Å². The Morgan fingerprint density at radius 2 is 1.80 bits per heavy atom. The predicted molar refractivity (Wildman–Crippen MR) is 195 cm³/mol. The van der Waals surface area contributed by atoms with Gasteiger partial charge < -0.3 is 58.5 Å². The molecule has 0 spiro atoms. The van der Waals surface area contributed by atoms with Crippen molar-refractivity contribution in [3.63, 3.8) is 0 Å². The van der Waals surface area contributed by atoms with Crippen LogP contribution < -0.4 is 23.7 Å². The van der Waals surface area contributed by atoms with Gasteiger partial charge in [-0.05, 0) is 34.9 Å². The average Bonchev–Trinajstić information content (AvgIpc) is 3.89. The van der Waals surface area contributed by atoms with Gasteiger partial charge in [0.05, 0.1) is 25.3 Å². The molecule has 1 saturated heterocycles. The summed E-state index contributed by atoms with van der Waals surface area (Å²) in [6.07, 6.45) is -2.74. The summed E-state index contributed by atoms with van der Waals surface area (Å²) in [5.41, 5.74) is 6.72. The molecule has 15 nitrogen and oxygen atoms in total. The first-order chi connectivity index (χ1) is 27.1. The van der Waals surface area contributed by atoms with Gasteiger partial charge in [0.15, 0.2) is 11.5 Å². The second-order valence-electron chi connectivity index (χ2n) is 14.6. The SMILES string of the molecule is COc1c2ccc3c1O[C@H]1c4c(CN5C=C6N=CC=C6C5)cc(O[C@@H]5O[C@H](COC(=O)CC(=O)O)[C@@H](O)[C@H](O)[C@H]5O)cc4O[C@@H](Cc4ccc(cc4)CCO2)[C@@H]31. The number of aliphatic carboxylic acids is 1. The van der Waals surface area contributed by atoms with E-state index in [1.54, 1.807) is 25.5 Å². The van der Waals surface area contributed by atoms with Crippen LogP contribution in [0.5, 0.6) is 28.7 Å². The molecule has 15 heteroatoms. The lowest BCUT2D eigenvalue weighted by molar-refractivity contribution is -0.278. The Morgan fingerprint density at radius 3 is 2.59 bits per heavy atom. The molecule has 3 aromatic rings. The van der Waals surface area contributed by atoms with Crippen molar-refractivity contribution in [2.75, 3.05) is 26.9 Å². The highest BCUT2D eigenvalue weighted by Gasteiger charge is 2.50. The molecule has 1 fully saturated rings. The minimum Gasteiger partial charge on any atom is -0.490 e. The third-order valence-corrected chi connectivity index (χ3v) is 11.0. The largest absolute Gasteiger partial charge is 0.490 e. The molecule has 12 rings (SSSR count). The maximum Gasteiger partial charge on any atom is 0.317 e. The van der Waals surface area contributed by atoms with Crippen LogP contribution in [-0.2, 0) is 38.4 Å². The Bertz CT molecular complexity index is 2150. The fourth-order valence-electron chi connectivity index (χ4n) is 8.30. The number of hydrogen-bond acceptors (Lipinski definition) is 14. The van der Waals surface area contributed by atoms with E-state index in [-0.39, 0.29) is 11.7 Å². The molecule has 0 unspecified atom stereocenters. The monoisotopic (exact) mass is 768 g/mol. The summed E-state index contributed by atoms with van der Waals surface area (Å²) in [4.78, 5) is 29.5. The van der Waals surface area contributed by atoms with Gasteiger partial charge in [0.2, 0.25) is 12.0 Å². The van der Waals surface area contributed by atoms with Crippen LogP contribution in [-0.4, -0.2) is 107 Å². The molecule has 0 amide bonds. The fraction of sp³-hybridized carbons (Fsp3) is 0.390. The van der Waals surface area contributed by atoms with Crippen molar-refractivity contribution in [1.29, 1.82) is 0 Å². The molecule has 0 aliphatic carbocycles. The summed E-state index contributed by atoms with van der Waals surface area (Å²) in [5.74, 6) is -0.271. The highest BCUT2D eigenvalue weighted by molar-refractivity contribution is 5.90. The van der Waals surface area contributed by atoms with Gasteiger partial charge in [-0.2, -0.15) is 0 Å². The number of allylic oxidation sites excluding steroid dienone is 1. The summed E-state index contributed by atoms with van der Waals surface area (Å²) in [5, 5.41) is 41.3. The summed E-state index contributed by atoms with van der Waals surface area (Å²) in [6, 6.07) is 15.8. The lowest BCUT2D eigenvalue weighted by Crippen LogP contribution is -2.60. The molecule has 56 heavy (non-hydrogen) atoms. The van der Waals surface area contributed by atoms with Gasteiger partial charge >= 0.3 is 11.9 Å². The van der Waals surface area contributed by atoms with Crippen LogP contribution in [0.4, 0.5) is 0 Å². The molecular weight excluding hydrogens is 728 g/mol. The maximum atomic E-state index is 11.9. The van der Waals surface area contributed by atoms with E-state index in [1.807, 2.05) is 24.4 Å². The zero-order chi connectivity index (χ0) is 38.7. The number of carbonyl (C=O) groups is 2. The summed E-state index contributed by atoms with van der Waals surface area (Å²) < 4.78 is 43.1. The highest BCUT2D eigenvalue weighted by Crippen LogP contribution is 2.59.